The number of carbonyl (C=O) groups is 2. The van der Waals surface area contributed by atoms with Crippen molar-refractivity contribution >= 4 is 12.1 Å². The van der Waals surface area contributed by atoms with Crippen LogP contribution in [0.25, 0.3) is 11.1 Å². The van der Waals surface area contributed by atoms with Gasteiger partial charge in [-0.05, 0) is 28.3 Å². The molecule has 1 aliphatic rings. The third-order valence-corrected chi connectivity index (χ3v) is 5.74. The Kier molecular flexibility index (Phi) is 6.39. The average molecular weight is 451 g/mol. The van der Waals surface area contributed by atoms with E-state index in [9.17, 15) is 29.3 Å². The van der Waals surface area contributed by atoms with Crippen LogP contribution in [0.4, 0.5) is 9.18 Å². The van der Waals surface area contributed by atoms with E-state index in [-0.39, 0.29) is 18.1 Å². The summed E-state index contributed by atoms with van der Waals surface area (Å²) in [7, 11) is 0. The highest BCUT2D eigenvalue weighted by Gasteiger charge is 2.30. The van der Waals surface area contributed by atoms with E-state index in [1.54, 1.807) is 0 Å². The monoisotopic (exact) mass is 451 g/mol. The van der Waals surface area contributed by atoms with E-state index in [2.05, 4.69) is 5.32 Å². The Bertz CT molecular complexity index is 1150. The van der Waals surface area contributed by atoms with Gasteiger partial charge < -0.3 is 25.4 Å². The Hall–Kier alpha value is -3.75. The fraction of sp³-hybridized carbons (Fsp3) is 0.200. The molecule has 0 saturated carbocycles. The number of aliphatic hydroxyl groups excluding tert-OH is 2. The maximum atomic E-state index is 13.8. The Morgan fingerprint density at radius 1 is 0.939 bits per heavy atom. The average Bonchev–Trinajstić information content (AvgIpc) is 3.14. The summed E-state index contributed by atoms with van der Waals surface area (Å²) in [6.07, 6.45) is -4.10. The van der Waals surface area contributed by atoms with Gasteiger partial charge in [0.05, 0.1) is 0 Å². The van der Waals surface area contributed by atoms with E-state index in [1.807, 2.05) is 48.5 Å². The van der Waals surface area contributed by atoms with Crippen LogP contribution in [0.2, 0.25) is 0 Å². The van der Waals surface area contributed by atoms with Crippen molar-refractivity contribution in [1.82, 2.24) is 5.32 Å². The molecule has 0 radical (unpaired) electrons. The van der Waals surface area contributed by atoms with E-state index in [0.29, 0.717) is 0 Å². The summed E-state index contributed by atoms with van der Waals surface area (Å²) < 4.78 is 19.2. The molecular formula is C25H22FNO6. The number of aromatic carboxylic acids is 1. The molecule has 0 bridgehead atoms. The minimum atomic E-state index is -1.72. The summed E-state index contributed by atoms with van der Waals surface area (Å²) in [5.41, 5.74) is 3.26. The number of nitrogens with one attached hydrogen (secondary N) is 1. The second-order valence-corrected chi connectivity index (χ2v) is 7.73. The highest BCUT2D eigenvalue weighted by atomic mass is 19.1. The van der Waals surface area contributed by atoms with Gasteiger partial charge in [-0.1, -0.05) is 60.7 Å². The number of carbonyl (C=O) groups excluding carboxylic acids is 1. The number of fused-ring (bicyclic) bond motifs is 3. The summed E-state index contributed by atoms with van der Waals surface area (Å²) in [5, 5.41) is 32.1. The number of halogens is 1. The largest absolute Gasteiger partial charge is 0.478 e. The van der Waals surface area contributed by atoms with Crippen LogP contribution in [0, 0.1) is 5.82 Å². The number of aliphatic hydroxyl groups is 2. The second-order valence-electron chi connectivity index (χ2n) is 7.73. The van der Waals surface area contributed by atoms with Crippen molar-refractivity contribution in [2.45, 2.75) is 18.1 Å². The number of amides is 1. The first-order chi connectivity index (χ1) is 15.9. The molecule has 2 unspecified atom stereocenters. The van der Waals surface area contributed by atoms with Gasteiger partial charge in [0, 0.05) is 18.0 Å². The predicted octanol–water partition coefficient (Wildman–Crippen LogP) is 3.46. The molecule has 0 aromatic heterocycles. The molecule has 0 aliphatic heterocycles. The molecule has 0 fully saturated rings. The lowest BCUT2D eigenvalue weighted by Crippen LogP contribution is -2.36. The SMILES string of the molecule is O=C(NCC(O)C(O)c1cccc(F)c1C(=O)O)OCC1c2ccccc2-c2ccccc21. The van der Waals surface area contributed by atoms with Crippen LogP contribution >= 0.6 is 0 Å². The van der Waals surface area contributed by atoms with Gasteiger partial charge in [0.25, 0.3) is 0 Å². The fourth-order valence-electron chi connectivity index (χ4n) is 4.17. The predicted molar refractivity (Wildman–Crippen MR) is 117 cm³/mol. The zero-order chi connectivity index (χ0) is 23.5. The number of carboxylic acids is 1. The zero-order valence-corrected chi connectivity index (χ0v) is 17.4. The number of hydrogen-bond donors (Lipinski definition) is 4. The molecule has 33 heavy (non-hydrogen) atoms. The van der Waals surface area contributed by atoms with Gasteiger partial charge in [0.1, 0.15) is 30.2 Å². The molecule has 0 saturated heterocycles. The molecule has 1 aliphatic carbocycles. The first-order valence-electron chi connectivity index (χ1n) is 10.3. The van der Waals surface area contributed by atoms with Crippen molar-refractivity contribution in [3.63, 3.8) is 0 Å². The van der Waals surface area contributed by atoms with Crippen LogP contribution in [0.5, 0.6) is 0 Å². The molecule has 0 heterocycles. The van der Waals surface area contributed by atoms with Gasteiger partial charge in [-0.2, -0.15) is 0 Å². The Morgan fingerprint density at radius 2 is 1.55 bits per heavy atom. The van der Waals surface area contributed by atoms with Gasteiger partial charge in [-0.15, -0.1) is 0 Å². The first kappa shape index (κ1) is 22.4. The number of ether oxygens (including phenoxy) is 1. The molecule has 3 aromatic rings. The van der Waals surface area contributed by atoms with Crippen molar-refractivity contribution in [1.29, 1.82) is 0 Å². The molecule has 170 valence electrons. The van der Waals surface area contributed by atoms with Crippen molar-refractivity contribution in [2.75, 3.05) is 13.2 Å². The molecule has 4 N–H and O–H groups in total. The summed E-state index contributed by atoms with van der Waals surface area (Å²) in [5.74, 6) is -2.74. The van der Waals surface area contributed by atoms with E-state index in [4.69, 9.17) is 4.74 Å². The van der Waals surface area contributed by atoms with Crippen LogP contribution in [-0.2, 0) is 4.74 Å². The minimum Gasteiger partial charge on any atom is -0.478 e. The van der Waals surface area contributed by atoms with E-state index in [0.717, 1.165) is 28.3 Å². The number of benzene rings is 3. The Morgan fingerprint density at radius 3 is 2.15 bits per heavy atom. The molecule has 0 spiro atoms. The normalized spacial score (nSPS) is 14.2. The number of rotatable bonds is 7. The van der Waals surface area contributed by atoms with E-state index >= 15 is 0 Å². The quantitative estimate of drug-likeness (QED) is 0.437. The van der Waals surface area contributed by atoms with Crippen LogP contribution in [0.3, 0.4) is 0 Å². The van der Waals surface area contributed by atoms with Gasteiger partial charge in [-0.25, -0.2) is 14.0 Å². The molecule has 3 aromatic carbocycles. The summed E-state index contributed by atoms with van der Waals surface area (Å²) in [4.78, 5) is 23.5. The van der Waals surface area contributed by atoms with Crippen LogP contribution in [0.1, 0.15) is 39.1 Å². The highest BCUT2D eigenvalue weighted by molar-refractivity contribution is 5.90. The van der Waals surface area contributed by atoms with Gasteiger partial charge >= 0.3 is 12.1 Å². The molecule has 1 amide bonds. The highest BCUT2D eigenvalue weighted by Crippen LogP contribution is 2.44. The molecular weight excluding hydrogens is 429 g/mol. The molecule has 8 heteroatoms. The van der Waals surface area contributed by atoms with Crippen LogP contribution in [-0.4, -0.2) is 46.6 Å². The van der Waals surface area contributed by atoms with Crippen molar-refractivity contribution in [2.24, 2.45) is 0 Å². The van der Waals surface area contributed by atoms with Crippen molar-refractivity contribution < 1.29 is 34.0 Å². The Labute approximate surface area is 189 Å². The van der Waals surface area contributed by atoms with E-state index < -0.39 is 42.2 Å². The number of hydrogen-bond acceptors (Lipinski definition) is 5. The third kappa shape index (κ3) is 4.44. The molecule has 2 atom stereocenters. The lowest BCUT2D eigenvalue weighted by molar-refractivity contribution is 0.0173. The Balaban J connectivity index is 1.37. The maximum absolute atomic E-state index is 13.8. The lowest BCUT2D eigenvalue weighted by Gasteiger charge is -2.20. The third-order valence-electron chi connectivity index (χ3n) is 5.74. The van der Waals surface area contributed by atoms with Gasteiger partial charge in [-0.3, -0.25) is 0 Å². The summed E-state index contributed by atoms with van der Waals surface area (Å²) >= 11 is 0. The smallest absolute Gasteiger partial charge is 0.407 e. The number of carboxylic acid groups (broad SMARTS) is 1. The second kappa shape index (κ2) is 9.40. The van der Waals surface area contributed by atoms with E-state index in [1.165, 1.54) is 12.1 Å². The van der Waals surface area contributed by atoms with Gasteiger partial charge in [0.15, 0.2) is 0 Å². The van der Waals surface area contributed by atoms with Crippen molar-refractivity contribution in [3.05, 3.63) is 94.8 Å². The standard InChI is InChI=1S/C25H22FNO6/c26-20-11-5-10-18(22(20)24(30)31)23(29)21(28)12-27-25(32)33-13-19-16-8-3-1-6-14(16)15-7-2-4-9-17(15)19/h1-11,19,21,23,28-29H,12-13H2,(H,27,32)(H,30,31). The van der Waals surface area contributed by atoms with Gasteiger partial charge in [0.2, 0.25) is 0 Å². The molecule has 7 nitrogen and oxygen atoms in total. The fourth-order valence-corrected chi connectivity index (χ4v) is 4.17. The summed E-state index contributed by atoms with van der Waals surface area (Å²) in [6, 6.07) is 19.1. The summed E-state index contributed by atoms with van der Waals surface area (Å²) in [6.45, 7) is -0.348. The minimum absolute atomic E-state index is 0.0750. The first-order valence-corrected chi connectivity index (χ1v) is 10.3. The zero-order valence-electron chi connectivity index (χ0n) is 17.4. The van der Waals surface area contributed by atoms with Crippen LogP contribution < -0.4 is 5.32 Å². The maximum Gasteiger partial charge on any atom is 0.407 e. The lowest BCUT2D eigenvalue weighted by atomic mass is 9.98. The van der Waals surface area contributed by atoms with Crippen LogP contribution in [0.15, 0.2) is 66.7 Å². The number of alkyl carbamates (subject to hydrolysis) is 1. The molecule has 4 rings (SSSR count). The topological polar surface area (TPSA) is 116 Å². The van der Waals surface area contributed by atoms with Crippen molar-refractivity contribution in [3.8, 4) is 11.1 Å².